The predicted octanol–water partition coefficient (Wildman–Crippen LogP) is 5.19. The minimum absolute atomic E-state index is 0.0408. The maximum atomic E-state index is 14.2. The summed E-state index contributed by atoms with van der Waals surface area (Å²) in [5, 5.41) is 3.10. The third-order valence-electron chi connectivity index (χ3n) is 6.42. The van der Waals surface area contributed by atoms with Crippen molar-refractivity contribution in [3.8, 4) is 0 Å². The van der Waals surface area contributed by atoms with E-state index in [0.717, 1.165) is 15.8 Å². The number of hydrogen-bond donors (Lipinski definition) is 0. The SMILES string of the molecule is Cc1cccc(Cn2c(C(=O)N3CCN(C(=O)c4ccccc4F)[C@H](C)C3)cc3ccsc32)c1. The molecule has 1 atom stereocenters. The van der Waals surface area contributed by atoms with Crippen LogP contribution in [0.25, 0.3) is 10.2 Å². The monoisotopic (exact) mass is 475 g/mol. The largest absolute Gasteiger partial charge is 0.334 e. The summed E-state index contributed by atoms with van der Waals surface area (Å²) >= 11 is 1.63. The van der Waals surface area contributed by atoms with Crippen LogP contribution < -0.4 is 0 Å². The number of piperazine rings is 1. The number of benzene rings is 2. The summed E-state index contributed by atoms with van der Waals surface area (Å²) in [6.07, 6.45) is 0. The van der Waals surface area contributed by atoms with E-state index in [2.05, 4.69) is 29.7 Å². The Morgan fingerprint density at radius 1 is 1.03 bits per heavy atom. The van der Waals surface area contributed by atoms with E-state index in [4.69, 9.17) is 0 Å². The van der Waals surface area contributed by atoms with Crippen molar-refractivity contribution in [2.24, 2.45) is 0 Å². The highest BCUT2D eigenvalue weighted by molar-refractivity contribution is 7.16. The molecule has 4 aromatic rings. The first-order chi connectivity index (χ1) is 16.4. The van der Waals surface area contributed by atoms with Crippen molar-refractivity contribution in [3.63, 3.8) is 0 Å². The molecule has 0 bridgehead atoms. The molecule has 1 saturated heterocycles. The topological polar surface area (TPSA) is 45.6 Å². The molecule has 7 heteroatoms. The van der Waals surface area contributed by atoms with Gasteiger partial charge in [-0.3, -0.25) is 9.59 Å². The van der Waals surface area contributed by atoms with Crippen LogP contribution in [0, 0.1) is 12.7 Å². The van der Waals surface area contributed by atoms with E-state index in [1.165, 1.54) is 17.7 Å². The molecule has 3 heterocycles. The molecule has 0 aliphatic carbocycles. The van der Waals surface area contributed by atoms with Crippen LogP contribution >= 0.6 is 11.3 Å². The summed E-state index contributed by atoms with van der Waals surface area (Å²) in [6.45, 7) is 5.77. The summed E-state index contributed by atoms with van der Waals surface area (Å²) in [6, 6.07) is 18.1. The highest BCUT2D eigenvalue weighted by Crippen LogP contribution is 2.28. The number of fused-ring (bicyclic) bond motifs is 1. The number of halogens is 1. The second kappa shape index (κ2) is 9.06. The molecule has 5 nitrogen and oxygen atoms in total. The van der Waals surface area contributed by atoms with Crippen molar-refractivity contribution in [3.05, 3.63) is 94.2 Å². The molecular formula is C27H26FN3O2S. The van der Waals surface area contributed by atoms with Crippen molar-refractivity contribution in [2.75, 3.05) is 19.6 Å². The highest BCUT2D eigenvalue weighted by Gasteiger charge is 2.33. The van der Waals surface area contributed by atoms with Gasteiger partial charge in [0, 0.05) is 37.6 Å². The van der Waals surface area contributed by atoms with Gasteiger partial charge in [-0.05, 0) is 49.1 Å². The van der Waals surface area contributed by atoms with Gasteiger partial charge in [-0.1, -0.05) is 42.0 Å². The zero-order valence-electron chi connectivity index (χ0n) is 19.2. The van der Waals surface area contributed by atoms with Crippen LogP contribution in [0.4, 0.5) is 4.39 Å². The van der Waals surface area contributed by atoms with Crippen molar-refractivity contribution in [1.29, 1.82) is 0 Å². The van der Waals surface area contributed by atoms with Gasteiger partial charge in [-0.25, -0.2) is 4.39 Å². The number of aromatic nitrogens is 1. The Balaban J connectivity index is 1.37. The van der Waals surface area contributed by atoms with Gasteiger partial charge in [-0.2, -0.15) is 0 Å². The van der Waals surface area contributed by atoms with Crippen LogP contribution in [-0.4, -0.2) is 51.9 Å². The van der Waals surface area contributed by atoms with E-state index in [0.29, 0.717) is 31.9 Å². The fourth-order valence-electron chi connectivity index (χ4n) is 4.70. The molecule has 0 radical (unpaired) electrons. The Labute approximate surface area is 202 Å². The fraction of sp³-hybridized carbons (Fsp3) is 0.259. The Morgan fingerprint density at radius 2 is 1.85 bits per heavy atom. The zero-order valence-corrected chi connectivity index (χ0v) is 20.0. The number of rotatable bonds is 4. The van der Waals surface area contributed by atoms with E-state index < -0.39 is 5.82 Å². The first-order valence-corrected chi connectivity index (χ1v) is 12.3. The van der Waals surface area contributed by atoms with Gasteiger partial charge >= 0.3 is 0 Å². The standard InChI is InChI=1S/C27H26FN3O2S/c1-18-6-5-7-20(14-18)17-31-24(15-21-10-13-34-27(21)31)26(33)29-11-12-30(19(2)16-29)25(32)22-8-3-4-9-23(22)28/h3-10,13-15,19H,11-12,16-17H2,1-2H3/t19-/m1/s1. The minimum atomic E-state index is -0.521. The fourth-order valence-corrected chi connectivity index (χ4v) is 5.59. The first kappa shape index (κ1) is 22.3. The van der Waals surface area contributed by atoms with Crippen molar-refractivity contribution in [1.82, 2.24) is 14.4 Å². The third-order valence-corrected chi connectivity index (χ3v) is 7.38. The average molecular weight is 476 g/mol. The van der Waals surface area contributed by atoms with E-state index in [-0.39, 0.29) is 23.4 Å². The van der Waals surface area contributed by atoms with Gasteiger partial charge in [0.15, 0.2) is 0 Å². The molecule has 2 aromatic carbocycles. The number of nitrogens with zero attached hydrogens (tertiary/aromatic N) is 3. The van der Waals surface area contributed by atoms with Crippen LogP contribution in [-0.2, 0) is 6.54 Å². The Bertz CT molecular complexity index is 1380. The van der Waals surface area contributed by atoms with Gasteiger partial charge in [0.05, 0.1) is 5.56 Å². The number of aryl methyl sites for hydroxylation is 1. The molecule has 174 valence electrons. The molecule has 1 fully saturated rings. The Hall–Kier alpha value is -3.45. The first-order valence-electron chi connectivity index (χ1n) is 11.4. The molecular weight excluding hydrogens is 449 g/mol. The molecule has 0 saturated carbocycles. The van der Waals surface area contributed by atoms with E-state index in [9.17, 15) is 14.0 Å². The zero-order chi connectivity index (χ0) is 23.8. The van der Waals surface area contributed by atoms with E-state index >= 15 is 0 Å². The van der Waals surface area contributed by atoms with Gasteiger partial charge in [0.2, 0.25) is 0 Å². The second-order valence-corrected chi connectivity index (χ2v) is 9.76. The maximum absolute atomic E-state index is 14.2. The summed E-state index contributed by atoms with van der Waals surface area (Å²) in [7, 11) is 0. The molecule has 5 rings (SSSR count). The number of hydrogen-bond acceptors (Lipinski definition) is 3. The van der Waals surface area contributed by atoms with Gasteiger partial charge in [0.1, 0.15) is 16.3 Å². The van der Waals surface area contributed by atoms with Crippen LogP contribution in [0.5, 0.6) is 0 Å². The summed E-state index contributed by atoms with van der Waals surface area (Å²) in [5.74, 6) is -0.894. The van der Waals surface area contributed by atoms with Crippen molar-refractivity contribution in [2.45, 2.75) is 26.4 Å². The highest BCUT2D eigenvalue weighted by atomic mass is 32.1. The molecule has 2 aromatic heterocycles. The maximum Gasteiger partial charge on any atom is 0.270 e. The second-order valence-electron chi connectivity index (χ2n) is 8.86. The average Bonchev–Trinajstić information content (AvgIpc) is 3.41. The molecule has 0 spiro atoms. The Kier molecular flexibility index (Phi) is 5.96. The van der Waals surface area contributed by atoms with Gasteiger partial charge < -0.3 is 14.4 Å². The number of amides is 2. The van der Waals surface area contributed by atoms with E-state index in [1.54, 1.807) is 33.3 Å². The quantitative estimate of drug-likeness (QED) is 0.408. The van der Waals surface area contributed by atoms with Crippen molar-refractivity contribution < 1.29 is 14.0 Å². The lowest BCUT2D eigenvalue weighted by molar-refractivity contribution is 0.0407. The Morgan fingerprint density at radius 3 is 2.62 bits per heavy atom. The summed E-state index contributed by atoms with van der Waals surface area (Å²) in [5.41, 5.74) is 3.06. The van der Waals surface area contributed by atoms with Gasteiger partial charge in [-0.15, -0.1) is 11.3 Å². The van der Waals surface area contributed by atoms with Crippen LogP contribution in [0.1, 0.15) is 38.9 Å². The number of thiophene rings is 1. The molecule has 34 heavy (non-hydrogen) atoms. The van der Waals surface area contributed by atoms with Crippen LogP contribution in [0.15, 0.2) is 66.0 Å². The lowest BCUT2D eigenvalue weighted by atomic mass is 10.1. The molecule has 2 amide bonds. The van der Waals surface area contributed by atoms with E-state index in [1.807, 2.05) is 30.5 Å². The van der Waals surface area contributed by atoms with Crippen molar-refractivity contribution >= 4 is 33.4 Å². The smallest absolute Gasteiger partial charge is 0.270 e. The lowest BCUT2D eigenvalue weighted by Crippen LogP contribution is -2.55. The van der Waals surface area contributed by atoms with Gasteiger partial charge in [0.25, 0.3) is 11.8 Å². The molecule has 0 N–H and O–H groups in total. The minimum Gasteiger partial charge on any atom is -0.334 e. The molecule has 1 aliphatic heterocycles. The predicted molar refractivity (Wildman–Crippen MR) is 133 cm³/mol. The van der Waals surface area contributed by atoms with Crippen LogP contribution in [0.3, 0.4) is 0 Å². The summed E-state index contributed by atoms with van der Waals surface area (Å²) < 4.78 is 16.2. The summed E-state index contributed by atoms with van der Waals surface area (Å²) in [4.78, 5) is 31.1. The lowest BCUT2D eigenvalue weighted by Gasteiger charge is -2.40. The normalized spacial score (nSPS) is 16.3. The van der Waals surface area contributed by atoms with Crippen LogP contribution in [0.2, 0.25) is 0 Å². The molecule has 0 unspecified atom stereocenters. The third kappa shape index (κ3) is 4.12. The number of carbonyl (C=O) groups is 2. The number of carbonyl (C=O) groups excluding carboxylic acids is 2. The molecule has 1 aliphatic rings.